The SMILES string of the molecule is Cc1ccc(C(C)NS(=O)(=O)c2ccc(C)c([N+](=O)[O-])c2)c(C)c1. The Morgan fingerprint density at radius 3 is 2.29 bits per heavy atom. The Morgan fingerprint density at radius 2 is 1.71 bits per heavy atom. The van der Waals surface area contributed by atoms with Gasteiger partial charge >= 0.3 is 0 Å². The molecule has 0 bridgehead atoms. The van der Waals surface area contributed by atoms with E-state index < -0.39 is 21.0 Å². The molecule has 0 radical (unpaired) electrons. The van der Waals surface area contributed by atoms with E-state index in [1.54, 1.807) is 13.8 Å². The number of nitro benzene ring substituents is 1. The highest BCUT2D eigenvalue weighted by molar-refractivity contribution is 7.89. The van der Waals surface area contributed by atoms with Gasteiger partial charge in [-0.2, -0.15) is 0 Å². The van der Waals surface area contributed by atoms with Crippen molar-refractivity contribution in [3.63, 3.8) is 0 Å². The highest BCUT2D eigenvalue weighted by Gasteiger charge is 2.22. The van der Waals surface area contributed by atoms with Crippen LogP contribution < -0.4 is 4.72 Å². The molecule has 0 aliphatic heterocycles. The highest BCUT2D eigenvalue weighted by Crippen LogP contribution is 2.25. The summed E-state index contributed by atoms with van der Waals surface area (Å²) >= 11 is 0. The first-order valence-electron chi connectivity index (χ1n) is 7.46. The van der Waals surface area contributed by atoms with E-state index in [4.69, 9.17) is 0 Å². The maximum Gasteiger partial charge on any atom is 0.273 e. The van der Waals surface area contributed by atoms with Crippen molar-refractivity contribution in [3.05, 3.63) is 68.8 Å². The van der Waals surface area contributed by atoms with Crippen molar-refractivity contribution in [2.24, 2.45) is 0 Å². The van der Waals surface area contributed by atoms with Crippen LogP contribution in [0.5, 0.6) is 0 Å². The predicted molar refractivity (Wildman–Crippen MR) is 92.5 cm³/mol. The lowest BCUT2D eigenvalue weighted by molar-refractivity contribution is -0.385. The van der Waals surface area contributed by atoms with Crippen LogP contribution in [0, 0.1) is 30.9 Å². The fourth-order valence-electron chi connectivity index (χ4n) is 2.63. The summed E-state index contributed by atoms with van der Waals surface area (Å²) in [7, 11) is -3.86. The van der Waals surface area contributed by atoms with Crippen LogP contribution in [-0.4, -0.2) is 13.3 Å². The molecular weight excluding hydrogens is 328 g/mol. The van der Waals surface area contributed by atoms with Crippen molar-refractivity contribution in [2.75, 3.05) is 0 Å². The van der Waals surface area contributed by atoms with E-state index >= 15 is 0 Å². The lowest BCUT2D eigenvalue weighted by Gasteiger charge is -2.17. The summed E-state index contributed by atoms with van der Waals surface area (Å²) in [5, 5.41) is 11.0. The average Bonchev–Trinajstić information content (AvgIpc) is 2.46. The average molecular weight is 348 g/mol. The molecule has 2 aromatic carbocycles. The molecule has 1 N–H and O–H groups in total. The van der Waals surface area contributed by atoms with E-state index in [0.29, 0.717) is 5.56 Å². The van der Waals surface area contributed by atoms with Crippen LogP contribution in [0.1, 0.15) is 35.2 Å². The molecule has 0 saturated heterocycles. The summed E-state index contributed by atoms with van der Waals surface area (Å²) in [6.07, 6.45) is 0. The molecular formula is C17H20N2O4S. The van der Waals surface area contributed by atoms with Crippen LogP contribution >= 0.6 is 0 Å². The third kappa shape index (κ3) is 3.80. The third-order valence-corrected chi connectivity index (χ3v) is 5.45. The molecule has 1 unspecified atom stereocenters. The van der Waals surface area contributed by atoms with E-state index in [1.807, 2.05) is 32.0 Å². The van der Waals surface area contributed by atoms with E-state index in [1.165, 1.54) is 12.1 Å². The molecule has 0 amide bonds. The molecule has 2 rings (SSSR count). The molecule has 1 atom stereocenters. The molecule has 0 spiro atoms. The van der Waals surface area contributed by atoms with Crippen LogP contribution in [0.3, 0.4) is 0 Å². The predicted octanol–water partition coefficient (Wildman–Crippen LogP) is 3.56. The summed E-state index contributed by atoms with van der Waals surface area (Å²) in [5.41, 5.74) is 3.16. The number of nitro groups is 1. The van der Waals surface area contributed by atoms with Gasteiger partial charge in [-0.3, -0.25) is 10.1 Å². The van der Waals surface area contributed by atoms with E-state index in [9.17, 15) is 18.5 Å². The lowest BCUT2D eigenvalue weighted by atomic mass is 10.0. The molecule has 0 aliphatic rings. The molecule has 0 heterocycles. The monoisotopic (exact) mass is 348 g/mol. The van der Waals surface area contributed by atoms with Gasteiger partial charge in [0.2, 0.25) is 10.0 Å². The summed E-state index contributed by atoms with van der Waals surface area (Å²) in [6.45, 7) is 7.21. The first kappa shape index (κ1) is 18.1. The quantitative estimate of drug-likeness (QED) is 0.661. The standard InChI is InChI=1S/C17H20N2O4S/c1-11-5-8-16(13(3)9-11)14(4)18-24(22,23)15-7-6-12(2)17(10-15)19(20)21/h5-10,14,18H,1-4H3. The number of nitrogens with zero attached hydrogens (tertiary/aromatic N) is 1. The summed E-state index contributed by atoms with van der Waals surface area (Å²) in [6, 6.07) is 9.24. The van der Waals surface area contributed by atoms with Crippen molar-refractivity contribution in [1.82, 2.24) is 4.72 Å². The second-order valence-corrected chi connectivity index (χ2v) is 7.62. The Hall–Kier alpha value is -2.25. The minimum absolute atomic E-state index is 0.114. The maximum absolute atomic E-state index is 12.5. The zero-order chi connectivity index (χ0) is 18.1. The van der Waals surface area contributed by atoms with E-state index in [2.05, 4.69) is 4.72 Å². The van der Waals surface area contributed by atoms with Gasteiger partial charge in [0.05, 0.1) is 9.82 Å². The molecule has 2 aromatic rings. The van der Waals surface area contributed by atoms with Crippen molar-refractivity contribution < 1.29 is 13.3 Å². The second kappa shape index (κ2) is 6.70. The zero-order valence-corrected chi connectivity index (χ0v) is 14.8. The fourth-order valence-corrected chi connectivity index (χ4v) is 3.87. The Bertz CT molecular complexity index is 891. The van der Waals surface area contributed by atoms with Gasteiger partial charge in [-0.1, -0.05) is 29.8 Å². The Morgan fingerprint density at radius 1 is 1.04 bits per heavy atom. The Labute approximate surface area is 141 Å². The fraction of sp³-hybridized carbons (Fsp3) is 0.294. The summed E-state index contributed by atoms with van der Waals surface area (Å²) in [4.78, 5) is 10.3. The van der Waals surface area contributed by atoms with Gasteiger partial charge < -0.3 is 0 Å². The first-order chi connectivity index (χ1) is 11.1. The summed E-state index contributed by atoms with van der Waals surface area (Å²) < 4.78 is 27.7. The van der Waals surface area contributed by atoms with Crippen molar-refractivity contribution >= 4 is 15.7 Å². The molecule has 0 aromatic heterocycles. The van der Waals surface area contributed by atoms with Crippen molar-refractivity contribution in [2.45, 2.75) is 38.6 Å². The number of hydrogen-bond acceptors (Lipinski definition) is 4. The second-order valence-electron chi connectivity index (χ2n) is 5.91. The Balaban J connectivity index is 2.34. The van der Waals surface area contributed by atoms with Gasteiger partial charge in [-0.05, 0) is 44.9 Å². The molecule has 0 saturated carbocycles. The largest absolute Gasteiger partial charge is 0.273 e. The molecule has 7 heteroatoms. The van der Waals surface area contributed by atoms with E-state index in [0.717, 1.165) is 22.8 Å². The van der Waals surface area contributed by atoms with Crippen LogP contribution in [0.2, 0.25) is 0 Å². The van der Waals surface area contributed by atoms with E-state index in [-0.39, 0.29) is 10.6 Å². The third-order valence-electron chi connectivity index (χ3n) is 3.91. The normalized spacial score (nSPS) is 12.8. The smallest absolute Gasteiger partial charge is 0.258 e. The van der Waals surface area contributed by atoms with Gasteiger partial charge in [0, 0.05) is 17.7 Å². The minimum atomic E-state index is -3.86. The van der Waals surface area contributed by atoms with Crippen LogP contribution in [0.4, 0.5) is 5.69 Å². The number of hydrogen-bond donors (Lipinski definition) is 1. The number of benzene rings is 2. The van der Waals surface area contributed by atoms with Crippen LogP contribution in [-0.2, 0) is 10.0 Å². The van der Waals surface area contributed by atoms with Crippen LogP contribution in [0.15, 0.2) is 41.3 Å². The topological polar surface area (TPSA) is 89.3 Å². The lowest BCUT2D eigenvalue weighted by Crippen LogP contribution is -2.27. The number of rotatable bonds is 5. The zero-order valence-electron chi connectivity index (χ0n) is 14.0. The highest BCUT2D eigenvalue weighted by atomic mass is 32.2. The van der Waals surface area contributed by atoms with Gasteiger partial charge in [0.15, 0.2) is 0 Å². The number of sulfonamides is 1. The van der Waals surface area contributed by atoms with Crippen molar-refractivity contribution in [3.8, 4) is 0 Å². The van der Waals surface area contributed by atoms with Gasteiger partial charge in [0.25, 0.3) is 5.69 Å². The number of aryl methyl sites for hydroxylation is 3. The van der Waals surface area contributed by atoms with Gasteiger partial charge in [0.1, 0.15) is 0 Å². The first-order valence-corrected chi connectivity index (χ1v) is 8.94. The molecule has 0 aliphatic carbocycles. The molecule has 24 heavy (non-hydrogen) atoms. The molecule has 6 nitrogen and oxygen atoms in total. The number of nitrogens with one attached hydrogen (secondary N) is 1. The van der Waals surface area contributed by atoms with Crippen molar-refractivity contribution in [1.29, 1.82) is 0 Å². The Kier molecular flexibility index (Phi) is 5.05. The van der Waals surface area contributed by atoms with Gasteiger partial charge in [-0.15, -0.1) is 0 Å². The van der Waals surface area contributed by atoms with Crippen LogP contribution in [0.25, 0.3) is 0 Å². The summed E-state index contributed by atoms with van der Waals surface area (Å²) in [5.74, 6) is 0. The van der Waals surface area contributed by atoms with Gasteiger partial charge in [-0.25, -0.2) is 13.1 Å². The molecule has 128 valence electrons. The maximum atomic E-state index is 12.5. The minimum Gasteiger partial charge on any atom is -0.258 e. The molecule has 0 fully saturated rings.